The first kappa shape index (κ1) is 17.6. The van der Waals surface area contributed by atoms with Crippen molar-refractivity contribution in [1.82, 2.24) is 0 Å². The highest BCUT2D eigenvalue weighted by Crippen LogP contribution is 2.35. The van der Waals surface area contributed by atoms with E-state index in [1.807, 2.05) is 13.8 Å². The Balaban J connectivity index is 2.46. The van der Waals surface area contributed by atoms with Crippen LogP contribution >= 0.6 is 23.2 Å². The molecule has 0 aliphatic rings. The number of carbonyl (C=O) groups excluding carboxylic acids is 1. The minimum atomic E-state index is -0.234. The summed E-state index contributed by atoms with van der Waals surface area (Å²) in [6.07, 6.45) is 0.847. The van der Waals surface area contributed by atoms with Crippen LogP contribution in [0.4, 0.5) is 0 Å². The SMILES string of the molecule is CCCOc1ccc(Cl)c(C(=O)c2ccc(OC)cc2C)c1Cl. The molecule has 0 aromatic heterocycles. The van der Waals surface area contributed by atoms with Crippen molar-refractivity contribution in [2.24, 2.45) is 0 Å². The Labute approximate surface area is 146 Å². The van der Waals surface area contributed by atoms with Gasteiger partial charge in [-0.15, -0.1) is 0 Å². The van der Waals surface area contributed by atoms with Crippen LogP contribution in [0.25, 0.3) is 0 Å². The lowest BCUT2D eigenvalue weighted by Gasteiger charge is -2.13. The number of halogens is 2. The van der Waals surface area contributed by atoms with Crippen LogP contribution in [0.3, 0.4) is 0 Å². The lowest BCUT2D eigenvalue weighted by atomic mass is 9.98. The number of methoxy groups -OCH3 is 1. The molecule has 0 unspecified atom stereocenters. The van der Waals surface area contributed by atoms with E-state index in [9.17, 15) is 4.79 Å². The molecule has 0 aliphatic carbocycles. The van der Waals surface area contributed by atoms with Crippen LogP contribution in [0.2, 0.25) is 10.0 Å². The first-order valence-electron chi connectivity index (χ1n) is 7.29. The topological polar surface area (TPSA) is 35.5 Å². The van der Waals surface area contributed by atoms with E-state index >= 15 is 0 Å². The summed E-state index contributed by atoms with van der Waals surface area (Å²) in [7, 11) is 1.58. The molecule has 122 valence electrons. The Kier molecular flexibility index (Phi) is 5.91. The smallest absolute Gasteiger partial charge is 0.196 e. The minimum absolute atomic E-state index is 0.234. The number of hydrogen-bond donors (Lipinski definition) is 0. The van der Waals surface area contributed by atoms with Crippen molar-refractivity contribution in [3.8, 4) is 11.5 Å². The highest BCUT2D eigenvalue weighted by molar-refractivity contribution is 6.41. The van der Waals surface area contributed by atoms with Gasteiger partial charge in [0.25, 0.3) is 0 Å². The van der Waals surface area contributed by atoms with Gasteiger partial charge in [0.15, 0.2) is 5.78 Å². The highest BCUT2D eigenvalue weighted by atomic mass is 35.5. The third kappa shape index (κ3) is 3.80. The summed E-state index contributed by atoms with van der Waals surface area (Å²) in [5, 5.41) is 0.547. The molecule has 23 heavy (non-hydrogen) atoms. The molecule has 0 bridgehead atoms. The summed E-state index contributed by atoms with van der Waals surface area (Å²) in [4.78, 5) is 12.9. The molecule has 2 aromatic rings. The molecule has 2 aromatic carbocycles. The fourth-order valence-electron chi connectivity index (χ4n) is 2.22. The van der Waals surface area contributed by atoms with Gasteiger partial charge < -0.3 is 9.47 Å². The number of ketones is 1. The Bertz CT molecular complexity index is 726. The van der Waals surface area contributed by atoms with Gasteiger partial charge in [-0.2, -0.15) is 0 Å². The Morgan fingerprint density at radius 1 is 1.17 bits per heavy atom. The molecule has 2 rings (SSSR count). The fourth-order valence-corrected chi connectivity index (χ4v) is 2.81. The molecule has 0 fully saturated rings. The lowest BCUT2D eigenvalue weighted by Crippen LogP contribution is -2.07. The number of carbonyl (C=O) groups is 1. The molecule has 0 saturated heterocycles. The molecule has 0 N–H and O–H groups in total. The van der Waals surface area contributed by atoms with E-state index in [1.54, 1.807) is 37.4 Å². The Morgan fingerprint density at radius 3 is 2.52 bits per heavy atom. The van der Waals surface area contributed by atoms with Crippen LogP contribution in [0, 0.1) is 6.92 Å². The maximum Gasteiger partial charge on any atom is 0.196 e. The zero-order valence-electron chi connectivity index (χ0n) is 13.3. The first-order chi connectivity index (χ1) is 11.0. The van der Waals surface area contributed by atoms with E-state index in [0.29, 0.717) is 28.7 Å². The second kappa shape index (κ2) is 7.71. The van der Waals surface area contributed by atoms with Gasteiger partial charge >= 0.3 is 0 Å². The van der Waals surface area contributed by atoms with Gasteiger partial charge in [-0.1, -0.05) is 30.1 Å². The van der Waals surface area contributed by atoms with Crippen LogP contribution in [-0.2, 0) is 0 Å². The molecule has 0 heterocycles. The highest BCUT2D eigenvalue weighted by Gasteiger charge is 2.21. The zero-order chi connectivity index (χ0) is 17.0. The van der Waals surface area contributed by atoms with E-state index in [0.717, 1.165) is 12.0 Å². The zero-order valence-corrected chi connectivity index (χ0v) is 14.8. The van der Waals surface area contributed by atoms with E-state index < -0.39 is 0 Å². The third-order valence-corrected chi connectivity index (χ3v) is 4.11. The fraction of sp³-hybridized carbons (Fsp3) is 0.278. The Morgan fingerprint density at radius 2 is 1.91 bits per heavy atom. The van der Waals surface area contributed by atoms with Gasteiger partial charge in [-0.05, 0) is 49.2 Å². The molecule has 0 saturated carbocycles. The van der Waals surface area contributed by atoms with Crippen LogP contribution in [0.15, 0.2) is 30.3 Å². The normalized spacial score (nSPS) is 10.5. The molecule has 0 aliphatic heterocycles. The minimum Gasteiger partial charge on any atom is -0.497 e. The van der Waals surface area contributed by atoms with Crippen LogP contribution < -0.4 is 9.47 Å². The summed E-state index contributed by atoms with van der Waals surface area (Å²) >= 11 is 12.6. The van der Waals surface area contributed by atoms with E-state index in [1.165, 1.54) is 0 Å². The molecule has 0 radical (unpaired) electrons. The van der Waals surface area contributed by atoms with Crippen molar-refractivity contribution in [1.29, 1.82) is 0 Å². The number of aryl methyl sites for hydroxylation is 1. The second-order valence-corrected chi connectivity index (χ2v) is 5.88. The summed E-state index contributed by atoms with van der Waals surface area (Å²) in [5.41, 5.74) is 1.58. The van der Waals surface area contributed by atoms with Gasteiger partial charge in [0.05, 0.1) is 29.3 Å². The van der Waals surface area contributed by atoms with Crippen LogP contribution in [0.1, 0.15) is 34.8 Å². The van der Waals surface area contributed by atoms with E-state index in [4.69, 9.17) is 32.7 Å². The van der Waals surface area contributed by atoms with Crippen molar-refractivity contribution in [2.75, 3.05) is 13.7 Å². The van der Waals surface area contributed by atoms with Crippen molar-refractivity contribution < 1.29 is 14.3 Å². The van der Waals surface area contributed by atoms with Crippen LogP contribution in [-0.4, -0.2) is 19.5 Å². The van der Waals surface area contributed by atoms with E-state index in [-0.39, 0.29) is 16.4 Å². The average Bonchev–Trinajstić information content (AvgIpc) is 2.53. The van der Waals surface area contributed by atoms with Crippen LogP contribution in [0.5, 0.6) is 11.5 Å². The molecule has 0 atom stereocenters. The van der Waals surface area contributed by atoms with Gasteiger partial charge in [0.1, 0.15) is 11.5 Å². The summed E-state index contributed by atoms with van der Waals surface area (Å²) in [5.74, 6) is 0.922. The summed E-state index contributed by atoms with van der Waals surface area (Å²) < 4.78 is 10.7. The van der Waals surface area contributed by atoms with Crippen molar-refractivity contribution in [3.63, 3.8) is 0 Å². The van der Waals surface area contributed by atoms with Crippen molar-refractivity contribution in [3.05, 3.63) is 57.1 Å². The maximum absolute atomic E-state index is 12.9. The number of ether oxygens (including phenoxy) is 2. The molecule has 5 heteroatoms. The van der Waals surface area contributed by atoms with E-state index in [2.05, 4.69) is 0 Å². The molecular formula is C18H18Cl2O3. The van der Waals surface area contributed by atoms with Gasteiger partial charge in [0.2, 0.25) is 0 Å². The average molecular weight is 353 g/mol. The van der Waals surface area contributed by atoms with Crippen molar-refractivity contribution >= 4 is 29.0 Å². The Hall–Kier alpha value is -1.71. The monoisotopic (exact) mass is 352 g/mol. The predicted octanol–water partition coefficient (Wildman–Crippen LogP) is 5.33. The first-order valence-corrected chi connectivity index (χ1v) is 8.05. The number of rotatable bonds is 6. The number of benzene rings is 2. The van der Waals surface area contributed by atoms with Crippen molar-refractivity contribution in [2.45, 2.75) is 20.3 Å². The predicted molar refractivity (Wildman–Crippen MR) is 93.4 cm³/mol. The summed E-state index contributed by atoms with van der Waals surface area (Å²) in [6, 6.07) is 8.55. The lowest BCUT2D eigenvalue weighted by molar-refractivity contribution is 0.103. The molecule has 0 amide bonds. The second-order valence-electron chi connectivity index (χ2n) is 5.09. The summed E-state index contributed by atoms with van der Waals surface area (Å²) in [6.45, 7) is 4.36. The third-order valence-electron chi connectivity index (χ3n) is 3.42. The molecular weight excluding hydrogens is 335 g/mol. The molecule has 0 spiro atoms. The quantitative estimate of drug-likeness (QED) is 0.659. The van der Waals surface area contributed by atoms with Gasteiger partial charge in [-0.25, -0.2) is 0 Å². The standard InChI is InChI=1S/C18H18Cl2O3/c1-4-9-23-15-8-7-14(19)16(17(15)20)18(21)13-6-5-12(22-3)10-11(13)2/h5-8,10H,4,9H2,1-3H3. The van der Waals surface area contributed by atoms with Gasteiger partial charge in [-0.3, -0.25) is 4.79 Å². The largest absolute Gasteiger partial charge is 0.497 e. The maximum atomic E-state index is 12.9. The number of hydrogen-bond acceptors (Lipinski definition) is 3. The van der Waals surface area contributed by atoms with Gasteiger partial charge in [0, 0.05) is 5.56 Å². The molecule has 3 nitrogen and oxygen atoms in total.